The van der Waals surface area contributed by atoms with E-state index in [4.69, 9.17) is 10.00 Å². The van der Waals surface area contributed by atoms with E-state index in [9.17, 15) is 0 Å². The summed E-state index contributed by atoms with van der Waals surface area (Å²) in [6.45, 7) is 6.11. The van der Waals surface area contributed by atoms with E-state index >= 15 is 0 Å². The fourth-order valence-corrected chi connectivity index (χ4v) is 1.94. The van der Waals surface area contributed by atoms with Crippen LogP contribution in [-0.4, -0.2) is 25.3 Å². The van der Waals surface area contributed by atoms with Crippen LogP contribution in [0.5, 0.6) is 0 Å². The molecule has 3 unspecified atom stereocenters. The van der Waals surface area contributed by atoms with Crippen LogP contribution in [0.25, 0.3) is 0 Å². The van der Waals surface area contributed by atoms with Gasteiger partial charge in [-0.25, -0.2) is 0 Å². The van der Waals surface area contributed by atoms with Crippen LogP contribution in [-0.2, 0) is 4.74 Å². The summed E-state index contributed by atoms with van der Waals surface area (Å²) in [5.74, 6) is 0.640. The highest BCUT2D eigenvalue weighted by molar-refractivity contribution is 4.81. The zero-order chi connectivity index (χ0) is 10.4. The first-order chi connectivity index (χ1) is 6.77. The van der Waals surface area contributed by atoms with Crippen LogP contribution in [0.2, 0.25) is 0 Å². The van der Waals surface area contributed by atoms with E-state index in [1.165, 1.54) is 0 Å². The van der Waals surface area contributed by atoms with Crippen LogP contribution in [0, 0.1) is 17.2 Å². The second-order valence-corrected chi connectivity index (χ2v) is 4.04. The molecule has 1 heterocycles. The van der Waals surface area contributed by atoms with Crippen molar-refractivity contribution in [2.75, 3.05) is 13.2 Å². The number of nitriles is 1. The maximum Gasteiger partial charge on any atom is 0.0638 e. The molecule has 3 heteroatoms. The van der Waals surface area contributed by atoms with E-state index in [2.05, 4.69) is 25.2 Å². The molecule has 3 nitrogen and oxygen atoms in total. The summed E-state index contributed by atoms with van der Waals surface area (Å²) in [7, 11) is 0. The Kier molecular flexibility index (Phi) is 4.92. The quantitative estimate of drug-likeness (QED) is 0.728. The van der Waals surface area contributed by atoms with Crippen molar-refractivity contribution in [3.8, 4) is 6.07 Å². The highest BCUT2D eigenvalue weighted by atomic mass is 16.5. The molecule has 0 bridgehead atoms. The molecule has 0 aromatic heterocycles. The molecule has 0 spiro atoms. The molecule has 1 N–H and O–H groups in total. The Balaban J connectivity index is 2.20. The van der Waals surface area contributed by atoms with Crippen molar-refractivity contribution < 1.29 is 4.74 Å². The first-order valence-electron chi connectivity index (χ1n) is 5.49. The molecule has 0 radical (unpaired) electrons. The van der Waals surface area contributed by atoms with Crippen molar-refractivity contribution in [1.29, 1.82) is 5.26 Å². The molecule has 80 valence electrons. The van der Waals surface area contributed by atoms with Gasteiger partial charge in [-0.15, -0.1) is 0 Å². The monoisotopic (exact) mass is 196 g/mol. The van der Waals surface area contributed by atoms with Gasteiger partial charge in [0, 0.05) is 19.2 Å². The number of nitrogens with zero attached hydrogens (tertiary/aromatic N) is 1. The number of nitrogens with one attached hydrogen (secondary N) is 1. The van der Waals surface area contributed by atoms with Crippen LogP contribution in [0.1, 0.15) is 33.1 Å². The Bertz CT molecular complexity index is 200. The molecular formula is C11H20N2O. The zero-order valence-corrected chi connectivity index (χ0v) is 9.12. The van der Waals surface area contributed by atoms with Crippen LogP contribution < -0.4 is 5.32 Å². The van der Waals surface area contributed by atoms with E-state index in [1.807, 2.05) is 0 Å². The van der Waals surface area contributed by atoms with E-state index in [0.29, 0.717) is 24.5 Å². The van der Waals surface area contributed by atoms with Crippen LogP contribution in [0.3, 0.4) is 0 Å². The average molecular weight is 196 g/mol. The molecule has 1 aliphatic heterocycles. The molecule has 1 rings (SSSR count). The SMILES string of the molecule is CCC1OCCC1CNC(C)CC#N. The first-order valence-corrected chi connectivity index (χ1v) is 5.49. The van der Waals surface area contributed by atoms with Gasteiger partial charge in [0.05, 0.1) is 18.6 Å². The molecule has 0 aromatic rings. The van der Waals surface area contributed by atoms with Crippen LogP contribution in [0.15, 0.2) is 0 Å². The summed E-state index contributed by atoms with van der Waals surface area (Å²) in [5.41, 5.74) is 0. The second-order valence-electron chi connectivity index (χ2n) is 4.04. The largest absolute Gasteiger partial charge is 0.378 e. The van der Waals surface area contributed by atoms with Gasteiger partial charge < -0.3 is 10.1 Å². The third kappa shape index (κ3) is 3.28. The number of rotatable bonds is 5. The smallest absolute Gasteiger partial charge is 0.0638 e. The first kappa shape index (κ1) is 11.5. The van der Waals surface area contributed by atoms with Crippen LogP contribution >= 0.6 is 0 Å². The van der Waals surface area contributed by atoms with Crippen molar-refractivity contribution in [3.05, 3.63) is 0 Å². The Morgan fingerprint density at radius 3 is 3.07 bits per heavy atom. The maximum atomic E-state index is 8.51. The lowest BCUT2D eigenvalue weighted by Crippen LogP contribution is -2.33. The van der Waals surface area contributed by atoms with Gasteiger partial charge in [0.2, 0.25) is 0 Å². The van der Waals surface area contributed by atoms with E-state index in [-0.39, 0.29) is 0 Å². The van der Waals surface area contributed by atoms with Gasteiger partial charge in [0.1, 0.15) is 0 Å². The van der Waals surface area contributed by atoms with Crippen molar-refractivity contribution in [2.24, 2.45) is 5.92 Å². The second kappa shape index (κ2) is 6.00. The minimum Gasteiger partial charge on any atom is -0.378 e. The predicted octanol–water partition coefficient (Wildman–Crippen LogP) is 1.69. The summed E-state index contributed by atoms with van der Waals surface area (Å²) in [6.07, 6.45) is 3.27. The third-order valence-electron chi connectivity index (χ3n) is 2.87. The Morgan fingerprint density at radius 2 is 2.43 bits per heavy atom. The van der Waals surface area contributed by atoms with Gasteiger partial charge in [0.25, 0.3) is 0 Å². The molecule has 14 heavy (non-hydrogen) atoms. The van der Waals surface area contributed by atoms with Crippen molar-refractivity contribution in [2.45, 2.75) is 45.3 Å². The van der Waals surface area contributed by atoms with Gasteiger partial charge in [0.15, 0.2) is 0 Å². The highest BCUT2D eigenvalue weighted by Crippen LogP contribution is 2.22. The Labute approximate surface area is 86.4 Å². The predicted molar refractivity (Wildman–Crippen MR) is 55.8 cm³/mol. The lowest BCUT2D eigenvalue weighted by atomic mass is 9.99. The molecule has 0 amide bonds. The van der Waals surface area contributed by atoms with Gasteiger partial charge in [-0.3, -0.25) is 0 Å². The van der Waals surface area contributed by atoms with E-state index < -0.39 is 0 Å². The molecule has 3 atom stereocenters. The standard InChI is InChI=1S/C11H20N2O/c1-3-11-10(5-7-14-11)8-13-9(2)4-6-12/h9-11,13H,3-5,7-8H2,1-2H3. The van der Waals surface area contributed by atoms with Gasteiger partial charge >= 0.3 is 0 Å². The Morgan fingerprint density at radius 1 is 1.64 bits per heavy atom. The van der Waals surface area contributed by atoms with E-state index in [1.54, 1.807) is 0 Å². The third-order valence-corrected chi connectivity index (χ3v) is 2.87. The molecule has 0 aliphatic carbocycles. The maximum absolute atomic E-state index is 8.51. The molecule has 1 fully saturated rings. The highest BCUT2D eigenvalue weighted by Gasteiger charge is 2.26. The minimum absolute atomic E-state index is 0.304. The summed E-state index contributed by atoms with van der Waals surface area (Å²) >= 11 is 0. The van der Waals surface area contributed by atoms with Gasteiger partial charge in [-0.1, -0.05) is 6.92 Å². The molecular weight excluding hydrogens is 176 g/mol. The molecule has 0 saturated carbocycles. The molecule has 1 saturated heterocycles. The van der Waals surface area contributed by atoms with Crippen LogP contribution in [0.4, 0.5) is 0 Å². The molecule has 1 aliphatic rings. The van der Waals surface area contributed by atoms with Crippen molar-refractivity contribution in [3.63, 3.8) is 0 Å². The topological polar surface area (TPSA) is 45.0 Å². The molecule has 0 aromatic carbocycles. The van der Waals surface area contributed by atoms with Gasteiger partial charge in [-0.05, 0) is 25.7 Å². The summed E-state index contributed by atoms with van der Waals surface area (Å²) in [4.78, 5) is 0. The normalized spacial score (nSPS) is 28.6. The lowest BCUT2D eigenvalue weighted by molar-refractivity contribution is 0.0868. The number of hydrogen-bond donors (Lipinski definition) is 1. The Hall–Kier alpha value is -0.590. The fraction of sp³-hybridized carbons (Fsp3) is 0.909. The minimum atomic E-state index is 0.304. The summed E-state index contributed by atoms with van der Waals surface area (Å²) < 4.78 is 5.60. The lowest BCUT2D eigenvalue weighted by Gasteiger charge is -2.19. The fourth-order valence-electron chi connectivity index (χ4n) is 1.94. The number of hydrogen-bond acceptors (Lipinski definition) is 3. The average Bonchev–Trinajstić information content (AvgIpc) is 2.62. The van der Waals surface area contributed by atoms with Crippen molar-refractivity contribution >= 4 is 0 Å². The van der Waals surface area contributed by atoms with E-state index in [0.717, 1.165) is 26.0 Å². The van der Waals surface area contributed by atoms with Crippen molar-refractivity contribution in [1.82, 2.24) is 5.32 Å². The van der Waals surface area contributed by atoms with Gasteiger partial charge in [-0.2, -0.15) is 5.26 Å². The summed E-state index contributed by atoms with van der Waals surface area (Å²) in [5, 5.41) is 11.9. The summed E-state index contributed by atoms with van der Waals surface area (Å²) in [6, 6.07) is 2.48. The number of ether oxygens (including phenoxy) is 1. The zero-order valence-electron chi connectivity index (χ0n) is 9.12.